The molecule has 0 bridgehead atoms. The Kier molecular flexibility index (Phi) is 3.85. The molecule has 0 unspecified atom stereocenters. The van der Waals surface area contributed by atoms with Crippen LogP contribution in [-0.2, 0) is 0 Å². The van der Waals surface area contributed by atoms with Gasteiger partial charge >= 0.3 is 5.63 Å². The maximum Gasteiger partial charge on any atom is 0.336 e. The van der Waals surface area contributed by atoms with Crippen molar-refractivity contribution >= 4 is 22.7 Å². The Morgan fingerprint density at radius 1 is 1.32 bits per heavy atom. The molecule has 0 atom stereocenters. The van der Waals surface area contributed by atoms with Crippen molar-refractivity contribution in [2.75, 3.05) is 0 Å². The van der Waals surface area contributed by atoms with Gasteiger partial charge in [0.15, 0.2) is 5.76 Å². The zero-order valence-corrected chi connectivity index (χ0v) is 12.6. The van der Waals surface area contributed by atoms with Gasteiger partial charge in [0.1, 0.15) is 11.3 Å². The van der Waals surface area contributed by atoms with Crippen LogP contribution in [0.5, 0.6) is 0 Å². The molecule has 22 heavy (non-hydrogen) atoms. The van der Waals surface area contributed by atoms with E-state index >= 15 is 0 Å². The lowest BCUT2D eigenvalue weighted by molar-refractivity contribution is 0.415. The standard InChI is InChI=1S/C16H13NO4S/c1-9-7-15(18)21-13-8-10(5-6-11(9)13)22-14-4-2-3-12(17-20)16(14)19/h4-8,19H,2-3H2,1H3. The van der Waals surface area contributed by atoms with Crippen LogP contribution in [0.25, 0.3) is 11.0 Å². The number of hydrogen-bond acceptors (Lipinski definition) is 6. The van der Waals surface area contributed by atoms with Gasteiger partial charge in [0.05, 0.1) is 4.91 Å². The fourth-order valence-corrected chi connectivity index (χ4v) is 3.34. The zero-order chi connectivity index (χ0) is 15.7. The number of allylic oxidation sites excluding steroid dienone is 2. The van der Waals surface area contributed by atoms with Gasteiger partial charge in [-0.1, -0.05) is 17.8 Å². The van der Waals surface area contributed by atoms with Crippen LogP contribution in [0.15, 0.2) is 66.0 Å². The summed E-state index contributed by atoms with van der Waals surface area (Å²) >= 11 is 1.31. The van der Waals surface area contributed by atoms with E-state index in [1.54, 1.807) is 6.07 Å². The SMILES string of the molecule is Cc1cc(=O)oc2cc(SC3=CCCC(N=O)=C3O)ccc12. The molecule has 0 radical (unpaired) electrons. The Balaban J connectivity index is 1.98. The lowest BCUT2D eigenvalue weighted by Crippen LogP contribution is -1.98. The fourth-order valence-electron chi connectivity index (χ4n) is 2.37. The van der Waals surface area contributed by atoms with Crippen LogP contribution < -0.4 is 5.63 Å². The molecule has 1 N–H and O–H groups in total. The van der Waals surface area contributed by atoms with E-state index in [1.165, 1.54) is 17.8 Å². The van der Waals surface area contributed by atoms with E-state index in [4.69, 9.17) is 4.42 Å². The van der Waals surface area contributed by atoms with Gasteiger partial charge in [0.2, 0.25) is 0 Å². The largest absolute Gasteiger partial charge is 0.505 e. The fraction of sp³-hybridized carbons (Fsp3) is 0.188. The van der Waals surface area contributed by atoms with E-state index < -0.39 is 0 Å². The van der Waals surface area contributed by atoms with Gasteiger partial charge in [0.25, 0.3) is 0 Å². The number of fused-ring (bicyclic) bond motifs is 1. The van der Waals surface area contributed by atoms with Crippen LogP contribution >= 0.6 is 11.8 Å². The van der Waals surface area contributed by atoms with E-state index in [9.17, 15) is 14.8 Å². The predicted molar refractivity (Wildman–Crippen MR) is 85.8 cm³/mol. The van der Waals surface area contributed by atoms with E-state index in [1.807, 2.05) is 25.1 Å². The number of nitrogens with zero attached hydrogens (tertiary/aromatic N) is 1. The van der Waals surface area contributed by atoms with E-state index in [2.05, 4.69) is 5.18 Å². The molecule has 0 saturated carbocycles. The number of rotatable bonds is 3. The van der Waals surface area contributed by atoms with Crippen LogP contribution in [0, 0.1) is 11.8 Å². The molecule has 6 heteroatoms. The molecule has 1 aliphatic rings. The van der Waals surface area contributed by atoms with Crippen molar-refractivity contribution < 1.29 is 9.52 Å². The number of benzene rings is 1. The van der Waals surface area contributed by atoms with Crippen molar-refractivity contribution in [1.29, 1.82) is 0 Å². The van der Waals surface area contributed by atoms with Crippen molar-refractivity contribution in [3.63, 3.8) is 0 Å². The lowest BCUT2D eigenvalue weighted by Gasteiger charge is -2.13. The van der Waals surface area contributed by atoms with Crippen molar-refractivity contribution in [2.24, 2.45) is 5.18 Å². The molecule has 0 spiro atoms. The van der Waals surface area contributed by atoms with Crippen LogP contribution in [0.4, 0.5) is 0 Å². The summed E-state index contributed by atoms with van der Waals surface area (Å²) in [6.45, 7) is 1.85. The minimum atomic E-state index is -0.390. The topological polar surface area (TPSA) is 79.9 Å². The first-order chi connectivity index (χ1) is 10.6. The number of nitroso groups, excluding NO2 is 1. The molecular weight excluding hydrogens is 302 g/mol. The average molecular weight is 315 g/mol. The Labute approximate surface area is 130 Å². The predicted octanol–water partition coefficient (Wildman–Crippen LogP) is 4.41. The van der Waals surface area contributed by atoms with Gasteiger partial charge in [0, 0.05) is 22.8 Å². The highest BCUT2D eigenvalue weighted by Gasteiger charge is 2.17. The quantitative estimate of drug-likeness (QED) is 0.670. The third-order valence-corrected chi connectivity index (χ3v) is 4.55. The maximum atomic E-state index is 11.5. The summed E-state index contributed by atoms with van der Waals surface area (Å²) in [5.74, 6) is -0.0722. The Hall–Kier alpha value is -2.34. The third kappa shape index (κ3) is 2.69. The van der Waals surface area contributed by atoms with Crippen LogP contribution in [0.1, 0.15) is 18.4 Å². The van der Waals surface area contributed by atoms with Gasteiger partial charge in [-0.2, -0.15) is 0 Å². The lowest BCUT2D eigenvalue weighted by atomic mass is 10.1. The van der Waals surface area contributed by atoms with Crippen LogP contribution in [0.2, 0.25) is 0 Å². The van der Waals surface area contributed by atoms with E-state index in [0.717, 1.165) is 15.8 Å². The highest BCUT2D eigenvalue weighted by molar-refractivity contribution is 8.03. The molecule has 1 aromatic heterocycles. The average Bonchev–Trinajstić information content (AvgIpc) is 2.49. The molecule has 1 aliphatic carbocycles. The van der Waals surface area contributed by atoms with Crippen molar-refractivity contribution in [1.82, 2.24) is 0 Å². The molecule has 1 aromatic carbocycles. The van der Waals surface area contributed by atoms with Crippen molar-refractivity contribution in [3.05, 3.63) is 67.6 Å². The Morgan fingerprint density at radius 3 is 2.91 bits per heavy atom. The van der Waals surface area contributed by atoms with Crippen LogP contribution in [0.3, 0.4) is 0 Å². The molecule has 0 aliphatic heterocycles. The summed E-state index contributed by atoms with van der Waals surface area (Å²) in [6.07, 6.45) is 2.98. The molecule has 1 heterocycles. The third-order valence-electron chi connectivity index (χ3n) is 3.48. The summed E-state index contributed by atoms with van der Waals surface area (Å²) in [5, 5.41) is 13.7. The summed E-state index contributed by atoms with van der Waals surface area (Å²) in [7, 11) is 0. The van der Waals surface area contributed by atoms with Gasteiger partial charge in [-0.05, 0) is 42.3 Å². The molecule has 0 fully saturated rings. The number of thioether (sulfide) groups is 1. The van der Waals surface area contributed by atoms with Gasteiger partial charge in [-0.25, -0.2) is 4.79 Å². The number of hydrogen-bond donors (Lipinski definition) is 1. The molecule has 2 aromatic rings. The second kappa shape index (κ2) is 5.81. The first-order valence-corrected chi connectivity index (χ1v) is 7.58. The first kappa shape index (κ1) is 14.6. The smallest absolute Gasteiger partial charge is 0.336 e. The van der Waals surface area contributed by atoms with Gasteiger partial charge < -0.3 is 9.52 Å². The highest BCUT2D eigenvalue weighted by atomic mass is 32.2. The summed E-state index contributed by atoms with van der Waals surface area (Å²) in [6, 6.07) is 6.97. The minimum Gasteiger partial charge on any atom is -0.505 e. The molecule has 3 rings (SSSR count). The van der Waals surface area contributed by atoms with Gasteiger partial charge in [-0.3, -0.25) is 0 Å². The summed E-state index contributed by atoms with van der Waals surface area (Å²) in [5.41, 5.74) is 1.14. The number of aliphatic hydroxyl groups is 1. The molecular formula is C16H13NO4S. The molecule has 0 amide bonds. The number of aliphatic hydroxyl groups excluding tert-OH is 1. The number of aryl methyl sites for hydroxylation is 1. The van der Waals surface area contributed by atoms with E-state index in [-0.39, 0.29) is 17.1 Å². The second-order valence-corrected chi connectivity index (χ2v) is 6.12. The summed E-state index contributed by atoms with van der Waals surface area (Å²) < 4.78 is 5.21. The molecule has 0 saturated heterocycles. The highest BCUT2D eigenvalue weighted by Crippen LogP contribution is 2.37. The maximum absolute atomic E-state index is 11.5. The first-order valence-electron chi connectivity index (χ1n) is 6.77. The monoisotopic (exact) mass is 315 g/mol. The van der Waals surface area contributed by atoms with Crippen molar-refractivity contribution in [2.45, 2.75) is 24.7 Å². The zero-order valence-electron chi connectivity index (χ0n) is 11.8. The summed E-state index contributed by atoms with van der Waals surface area (Å²) in [4.78, 5) is 23.5. The normalized spacial score (nSPS) is 15.0. The van der Waals surface area contributed by atoms with E-state index in [0.29, 0.717) is 23.3 Å². The Morgan fingerprint density at radius 2 is 2.14 bits per heavy atom. The van der Waals surface area contributed by atoms with Gasteiger partial charge in [-0.15, -0.1) is 4.91 Å². The molecule has 5 nitrogen and oxygen atoms in total. The second-order valence-electron chi connectivity index (χ2n) is 5.00. The Bertz CT molecular complexity index is 879. The van der Waals surface area contributed by atoms with Crippen molar-refractivity contribution in [3.8, 4) is 0 Å². The molecule has 112 valence electrons. The minimum absolute atomic E-state index is 0.0722. The van der Waals surface area contributed by atoms with Crippen LogP contribution in [-0.4, -0.2) is 5.11 Å².